The van der Waals surface area contributed by atoms with Gasteiger partial charge in [0.05, 0.1) is 18.6 Å². The second-order valence-electron chi connectivity index (χ2n) is 6.15. The van der Waals surface area contributed by atoms with Gasteiger partial charge in [0.2, 0.25) is 5.91 Å². The fourth-order valence-corrected chi connectivity index (χ4v) is 4.92. The maximum atomic E-state index is 11.8. The minimum atomic E-state index is -0.150. The van der Waals surface area contributed by atoms with Crippen molar-refractivity contribution in [2.75, 3.05) is 42.8 Å². The molecule has 0 aliphatic heterocycles. The van der Waals surface area contributed by atoms with Crippen LogP contribution in [0.25, 0.3) is 0 Å². The van der Waals surface area contributed by atoms with Crippen molar-refractivity contribution in [3.05, 3.63) is 0 Å². The molecule has 0 rings (SSSR count). The third kappa shape index (κ3) is 15.9. The molecule has 0 heterocycles. The first-order valence-corrected chi connectivity index (χ1v) is 12.4. The average molecular weight is 412 g/mol. The van der Waals surface area contributed by atoms with Crippen LogP contribution in [0, 0.1) is 11.8 Å². The Morgan fingerprint density at radius 2 is 1.64 bits per heavy atom. The molecule has 0 aromatic rings. The summed E-state index contributed by atoms with van der Waals surface area (Å²) >= 11 is 1.77. The number of thioether (sulfide) groups is 1. The molecule has 25 heavy (non-hydrogen) atoms. The van der Waals surface area contributed by atoms with Crippen molar-refractivity contribution in [3.63, 3.8) is 0 Å². The van der Waals surface area contributed by atoms with Gasteiger partial charge in [0.25, 0.3) is 0 Å². The average Bonchev–Trinajstić information content (AvgIpc) is 2.56. The second kappa shape index (κ2) is 16.1. The van der Waals surface area contributed by atoms with Crippen LogP contribution < -0.4 is 5.32 Å². The van der Waals surface area contributed by atoms with E-state index in [0.29, 0.717) is 19.8 Å². The lowest BCUT2D eigenvalue weighted by Gasteiger charge is -2.12. The maximum Gasteiger partial charge on any atom is 0.309 e. The first-order chi connectivity index (χ1) is 11.8. The molecular weight excluding hydrogens is 378 g/mol. The summed E-state index contributed by atoms with van der Waals surface area (Å²) < 4.78 is 10.5. The van der Waals surface area contributed by atoms with Crippen molar-refractivity contribution in [1.29, 1.82) is 0 Å². The number of carbonyl (C=O) groups excluding carboxylic acids is 2. The van der Waals surface area contributed by atoms with Crippen molar-refractivity contribution in [3.8, 4) is 0 Å². The number of carbonyl (C=O) groups is 2. The van der Waals surface area contributed by atoms with Crippen molar-refractivity contribution in [2.45, 2.75) is 40.7 Å². The van der Waals surface area contributed by atoms with E-state index in [4.69, 9.17) is 9.47 Å². The van der Waals surface area contributed by atoms with Crippen LogP contribution in [0.15, 0.2) is 0 Å². The zero-order valence-corrected chi connectivity index (χ0v) is 18.5. The van der Waals surface area contributed by atoms with Gasteiger partial charge in [0.15, 0.2) is 0 Å². The Kier molecular flexibility index (Phi) is 16.1. The summed E-state index contributed by atoms with van der Waals surface area (Å²) in [7, 11) is 3.58. The highest BCUT2D eigenvalue weighted by Gasteiger charge is 2.14. The van der Waals surface area contributed by atoms with E-state index < -0.39 is 0 Å². The van der Waals surface area contributed by atoms with Crippen LogP contribution in [0.1, 0.15) is 34.6 Å². The molecule has 1 N–H and O–H groups in total. The number of hydrogen-bond donors (Lipinski definition) is 1. The largest absolute Gasteiger partial charge is 0.463 e. The lowest BCUT2D eigenvalue weighted by Crippen LogP contribution is -2.29. The minimum absolute atomic E-state index is 0.0467. The van der Waals surface area contributed by atoms with Gasteiger partial charge in [-0.25, -0.2) is 0 Å². The summed E-state index contributed by atoms with van der Waals surface area (Å²) in [6.45, 7) is 11.1. The van der Waals surface area contributed by atoms with Gasteiger partial charge >= 0.3 is 5.97 Å². The lowest BCUT2D eigenvalue weighted by atomic mass is 10.2. The van der Waals surface area contributed by atoms with Gasteiger partial charge in [-0.15, -0.1) is 0 Å². The number of hydrogen-bond acceptors (Lipinski definition) is 7. The summed E-state index contributed by atoms with van der Waals surface area (Å²) in [4.78, 5) is 23.2. The third-order valence-electron chi connectivity index (χ3n) is 2.95. The molecule has 1 amide bonds. The number of esters is 1. The molecule has 5 nitrogen and oxygen atoms in total. The van der Waals surface area contributed by atoms with E-state index in [1.54, 1.807) is 33.3 Å². The van der Waals surface area contributed by atoms with Gasteiger partial charge < -0.3 is 14.8 Å². The second-order valence-corrected chi connectivity index (χ2v) is 10.0. The van der Waals surface area contributed by atoms with Crippen LogP contribution in [0.5, 0.6) is 0 Å². The lowest BCUT2D eigenvalue weighted by molar-refractivity contribution is -0.149. The topological polar surface area (TPSA) is 64.6 Å². The molecule has 0 bridgehead atoms. The van der Waals surface area contributed by atoms with E-state index in [2.05, 4.69) is 5.32 Å². The number of ether oxygens (including phenoxy) is 2. The first-order valence-electron chi connectivity index (χ1n) is 8.72. The van der Waals surface area contributed by atoms with Crippen molar-refractivity contribution < 1.29 is 19.1 Å². The highest BCUT2D eigenvalue weighted by atomic mass is 33.1. The number of rotatable bonds is 15. The first kappa shape index (κ1) is 24.9. The smallest absolute Gasteiger partial charge is 0.309 e. The van der Waals surface area contributed by atoms with Crippen LogP contribution in [0.3, 0.4) is 0 Å². The zero-order valence-electron chi connectivity index (χ0n) is 16.0. The molecule has 0 fully saturated rings. The maximum absolute atomic E-state index is 11.8. The van der Waals surface area contributed by atoms with Crippen LogP contribution in [-0.2, 0) is 19.1 Å². The Morgan fingerprint density at radius 3 is 2.28 bits per heavy atom. The Balaban J connectivity index is 3.43. The normalized spacial score (nSPS) is 12.4. The van der Waals surface area contributed by atoms with Crippen LogP contribution in [0.2, 0.25) is 0 Å². The molecular formula is C17H33NO4S3. The summed E-state index contributed by atoms with van der Waals surface area (Å²) in [5, 5.41) is 2.90. The molecule has 0 saturated heterocycles. The number of nitrogens with one attached hydrogen (secondary N) is 1. The van der Waals surface area contributed by atoms with Crippen LogP contribution in [-0.4, -0.2) is 60.8 Å². The molecule has 0 spiro atoms. The van der Waals surface area contributed by atoms with E-state index in [1.165, 1.54) is 0 Å². The van der Waals surface area contributed by atoms with Gasteiger partial charge in [0, 0.05) is 35.5 Å². The fraction of sp³-hybridized carbons (Fsp3) is 0.882. The zero-order chi connectivity index (χ0) is 19.1. The van der Waals surface area contributed by atoms with Gasteiger partial charge in [0.1, 0.15) is 6.61 Å². The van der Waals surface area contributed by atoms with Gasteiger partial charge in [-0.1, -0.05) is 42.4 Å². The predicted molar refractivity (Wildman–Crippen MR) is 111 cm³/mol. The molecule has 0 radical (unpaired) electrons. The van der Waals surface area contributed by atoms with E-state index >= 15 is 0 Å². The molecule has 1 atom stereocenters. The highest BCUT2D eigenvalue weighted by molar-refractivity contribution is 8.76. The van der Waals surface area contributed by atoms with Crippen molar-refractivity contribution in [1.82, 2.24) is 5.32 Å². The molecule has 0 aromatic carbocycles. The molecule has 0 aromatic heterocycles. The predicted octanol–water partition coefficient (Wildman–Crippen LogP) is 3.48. The molecule has 0 saturated carbocycles. The monoisotopic (exact) mass is 411 g/mol. The van der Waals surface area contributed by atoms with Gasteiger partial charge in [-0.05, 0) is 13.8 Å². The molecule has 8 heteroatoms. The Bertz CT molecular complexity index is 368. The third-order valence-corrected chi connectivity index (χ3v) is 6.85. The summed E-state index contributed by atoms with van der Waals surface area (Å²) in [5.41, 5.74) is 0. The molecule has 0 aliphatic carbocycles. The molecule has 1 unspecified atom stereocenters. The SMILES string of the molecule is CC(C)OCCOC(=O)C(C)CSCCSSCCNC(=O)C(C)C. The van der Waals surface area contributed by atoms with E-state index in [1.807, 2.05) is 34.6 Å². The van der Waals surface area contributed by atoms with Gasteiger partial charge in [-0.3, -0.25) is 9.59 Å². The Labute approximate surface area is 164 Å². The summed E-state index contributed by atoms with van der Waals surface area (Å²) in [5.74, 6) is 3.63. The van der Waals surface area contributed by atoms with E-state index in [-0.39, 0.29) is 29.8 Å². The molecule has 148 valence electrons. The standard InChI is InChI=1S/C17H33NO4S3/c1-13(2)16(19)18-6-9-24-25-11-10-23-12-15(5)17(20)22-8-7-21-14(3)4/h13-15H,6-12H2,1-5H3,(H,18,19). The van der Waals surface area contributed by atoms with Crippen LogP contribution >= 0.6 is 33.3 Å². The van der Waals surface area contributed by atoms with Crippen LogP contribution in [0.4, 0.5) is 0 Å². The Morgan fingerprint density at radius 1 is 0.960 bits per heavy atom. The molecule has 0 aliphatic rings. The number of amides is 1. The summed E-state index contributed by atoms with van der Waals surface area (Å²) in [6.07, 6.45) is 0.161. The van der Waals surface area contributed by atoms with Gasteiger partial charge in [-0.2, -0.15) is 11.8 Å². The van der Waals surface area contributed by atoms with Crippen molar-refractivity contribution in [2.24, 2.45) is 11.8 Å². The minimum Gasteiger partial charge on any atom is -0.463 e. The van der Waals surface area contributed by atoms with E-state index in [0.717, 1.165) is 23.0 Å². The quantitative estimate of drug-likeness (QED) is 0.251. The highest BCUT2D eigenvalue weighted by Crippen LogP contribution is 2.22. The Hall–Kier alpha value is -0.0500. The fourth-order valence-electron chi connectivity index (χ4n) is 1.53. The van der Waals surface area contributed by atoms with Crippen molar-refractivity contribution >= 4 is 45.2 Å². The van der Waals surface area contributed by atoms with E-state index in [9.17, 15) is 9.59 Å². The summed E-state index contributed by atoms with van der Waals surface area (Å²) in [6, 6.07) is 0.